The molecule has 0 aliphatic heterocycles. The summed E-state index contributed by atoms with van der Waals surface area (Å²) in [7, 11) is -7.06. The zero-order valence-corrected chi connectivity index (χ0v) is 47.1. The van der Waals surface area contributed by atoms with E-state index >= 15 is 0 Å². The molecule has 0 fully saturated rings. The third kappa shape index (κ3) is 15.5. The first-order valence-corrected chi connectivity index (χ1v) is 31.5. The number of para-hydroxylation sites is 3. The smallest absolute Gasteiger partial charge is 0.422 e. The Labute approximate surface area is 466 Å². The van der Waals surface area contributed by atoms with E-state index in [0.29, 0.717) is 32.7 Å². The standard InChI is InChI=1S/C16H12ClNO3S.C16H13NO4S.C10H12O4S.C9H7NO3.CH4.Cl3OP/c1-18-13-10-6-5-9-12(13)14(17)15(16(18)19)22(20,21)11-7-3-2-4-8-11;1-17-13-10-6-5-9-12(13)14(18)15(16(17)19)22(20,21)11-7-3-2-4-8-11;1-2-14-10(11)8-15(12,13)9-6-4-3-5-7-9;1-10-7-5-3-2-4-6(7)8(11)13-9(10)12;;1-5(2,3)4/h2-10H,1H3;2-10,18H,1H3;3-7H,2,8H2,1H3;2-5H,1H3;1H4;. The molecule has 0 spiro atoms. The van der Waals surface area contributed by atoms with Crippen molar-refractivity contribution in [3.63, 3.8) is 0 Å². The molecule has 3 heterocycles. The van der Waals surface area contributed by atoms with Crippen molar-refractivity contribution in [1.29, 1.82) is 0 Å². The van der Waals surface area contributed by atoms with Gasteiger partial charge in [0, 0.05) is 31.9 Å². The van der Waals surface area contributed by atoms with Crippen LogP contribution in [0.15, 0.2) is 212 Å². The summed E-state index contributed by atoms with van der Waals surface area (Å²) in [6.07, 6.45) is 0. The molecule has 0 aliphatic carbocycles. The van der Waals surface area contributed by atoms with E-state index in [9.17, 15) is 58.9 Å². The third-order valence-electron chi connectivity index (χ3n) is 10.7. The number of nitrogens with zero attached hydrogens (tertiary/aromatic N) is 3. The summed E-state index contributed by atoms with van der Waals surface area (Å²) in [6, 6.07) is 43.6. The molecule has 26 heteroatoms. The molecule has 9 aromatic rings. The zero-order chi connectivity index (χ0) is 57.0. The topological polar surface area (TPSA) is 262 Å². The van der Waals surface area contributed by atoms with Crippen LogP contribution >= 0.6 is 50.5 Å². The molecule has 0 amide bonds. The molecule has 1 N–H and O–H groups in total. The summed E-state index contributed by atoms with van der Waals surface area (Å²) in [5.74, 6) is -2.47. The van der Waals surface area contributed by atoms with Gasteiger partial charge in [-0.05, 0) is 107 Å². The lowest BCUT2D eigenvalue weighted by atomic mass is 10.2. The maximum absolute atomic E-state index is 12.8. The maximum Gasteiger partial charge on any atom is 0.422 e. The Morgan fingerprint density at radius 3 is 1.35 bits per heavy atom. The number of esters is 1. The number of rotatable bonds is 8. The highest BCUT2D eigenvalue weighted by Gasteiger charge is 2.29. The number of fused-ring (bicyclic) bond motifs is 3. The van der Waals surface area contributed by atoms with E-state index in [1.807, 2.05) is 0 Å². The lowest BCUT2D eigenvalue weighted by molar-refractivity contribution is -0.139. The normalized spacial score (nSPS) is 11.2. The molecule has 3 aromatic heterocycles. The molecule has 0 saturated carbocycles. The number of halogens is 4. The van der Waals surface area contributed by atoms with Gasteiger partial charge < -0.3 is 23.4 Å². The molecule has 0 saturated heterocycles. The summed E-state index contributed by atoms with van der Waals surface area (Å²) in [5.41, 5.74) is -0.323. The molecule has 9 rings (SSSR count). The Hall–Kier alpha value is -6.81. The fourth-order valence-electron chi connectivity index (χ4n) is 7.10. The number of ether oxygens (including phenoxy) is 1. The minimum Gasteiger partial charge on any atom is -0.506 e. The van der Waals surface area contributed by atoms with Crippen LogP contribution in [-0.4, -0.2) is 62.4 Å². The van der Waals surface area contributed by atoms with Crippen molar-refractivity contribution < 1.29 is 48.9 Å². The van der Waals surface area contributed by atoms with E-state index < -0.39 is 79.6 Å². The van der Waals surface area contributed by atoms with Gasteiger partial charge in [0.05, 0.1) is 48.3 Å². The van der Waals surface area contributed by atoms with Crippen LogP contribution in [0, 0.1) is 0 Å². The van der Waals surface area contributed by atoms with E-state index in [1.165, 1.54) is 64.2 Å². The maximum atomic E-state index is 12.8. The second kappa shape index (κ2) is 27.2. The van der Waals surface area contributed by atoms with Crippen LogP contribution in [0.3, 0.4) is 0 Å². The Morgan fingerprint density at radius 1 is 0.551 bits per heavy atom. The van der Waals surface area contributed by atoms with Crippen molar-refractivity contribution in [3.8, 4) is 5.75 Å². The van der Waals surface area contributed by atoms with Crippen LogP contribution < -0.4 is 22.5 Å². The van der Waals surface area contributed by atoms with E-state index in [2.05, 4.69) is 42.9 Å². The van der Waals surface area contributed by atoms with E-state index in [0.717, 1.165) is 0 Å². The number of aromatic hydroxyl groups is 1. The number of aromatic nitrogens is 3. The zero-order valence-electron chi connectivity index (χ0n) is 40.7. The van der Waals surface area contributed by atoms with E-state index in [-0.39, 0.29) is 38.6 Å². The summed E-state index contributed by atoms with van der Waals surface area (Å²) in [4.78, 5) is 57.4. The van der Waals surface area contributed by atoms with Gasteiger partial charge in [0.25, 0.3) is 11.1 Å². The van der Waals surface area contributed by atoms with Gasteiger partial charge in [-0.25, -0.2) is 34.8 Å². The molecular formula is C52H48Cl4N3O15PS3. The Bertz CT molecular complexity index is 4090. The summed E-state index contributed by atoms with van der Waals surface area (Å²) >= 11 is 20.1. The van der Waals surface area contributed by atoms with Crippen LogP contribution in [0.1, 0.15) is 14.4 Å². The van der Waals surface area contributed by atoms with Crippen molar-refractivity contribution in [2.24, 2.45) is 21.1 Å². The molecule has 0 aliphatic rings. The highest BCUT2D eigenvalue weighted by molar-refractivity contribution is 8.24. The lowest BCUT2D eigenvalue weighted by Gasteiger charge is -2.12. The van der Waals surface area contributed by atoms with Gasteiger partial charge in [0.1, 0.15) is 5.75 Å². The number of carbonyl (C=O) groups excluding carboxylic acids is 1. The molecule has 78 heavy (non-hydrogen) atoms. The summed E-state index contributed by atoms with van der Waals surface area (Å²) in [6.45, 7) is 1.82. The van der Waals surface area contributed by atoms with Crippen LogP contribution in [0.5, 0.6) is 5.75 Å². The van der Waals surface area contributed by atoms with Crippen LogP contribution in [0.2, 0.25) is 5.02 Å². The van der Waals surface area contributed by atoms with Crippen molar-refractivity contribution in [1.82, 2.24) is 13.7 Å². The second-order valence-corrected chi connectivity index (χ2v) is 28.5. The number of carbonyl (C=O) groups is 1. The first kappa shape index (κ1) is 63.7. The minimum atomic E-state index is -4.10. The highest BCUT2D eigenvalue weighted by atomic mass is 36.0. The lowest BCUT2D eigenvalue weighted by Crippen LogP contribution is -2.25. The Kier molecular flexibility index (Phi) is 22.2. The predicted molar refractivity (Wildman–Crippen MR) is 304 cm³/mol. The van der Waals surface area contributed by atoms with Gasteiger partial charge in [-0.3, -0.25) is 23.5 Å². The Morgan fingerprint density at radius 2 is 0.897 bits per heavy atom. The van der Waals surface area contributed by atoms with E-state index in [1.54, 1.807) is 141 Å². The van der Waals surface area contributed by atoms with Crippen LogP contribution in [0.4, 0.5) is 0 Å². The molecule has 0 bridgehead atoms. The van der Waals surface area contributed by atoms with Gasteiger partial charge in [-0.1, -0.05) is 116 Å². The van der Waals surface area contributed by atoms with Crippen molar-refractivity contribution in [3.05, 3.63) is 210 Å². The molecular weight excluding hydrogens is 1180 g/mol. The van der Waals surface area contributed by atoms with Crippen molar-refractivity contribution in [2.45, 2.75) is 38.8 Å². The monoisotopic (exact) mass is 1220 g/mol. The predicted octanol–water partition coefficient (Wildman–Crippen LogP) is 10.1. The fourth-order valence-corrected chi connectivity index (χ4v) is 11.7. The highest BCUT2D eigenvalue weighted by Crippen LogP contribution is 2.61. The third-order valence-corrected chi connectivity index (χ3v) is 16.5. The minimum absolute atomic E-state index is 0. The second-order valence-electron chi connectivity index (χ2n) is 15.7. The van der Waals surface area contributed by atoms with Gasteiger partial charge in [-0.2, -0.15) is 0 Å². The number of hydrogen-bond donors (Lipinski definition) is 1. The average Bonchev–Trinajstić information content (AvgIpc) is 3.47. The molecule has 18 nitrogen and oxygen atoms in total. The largest absolute Gasteiger partial charge is 0.506 e. The quantitative estimate of drug-likeness (QED) is 0.110. The first-order chi connectivity index (χ1) is 36.1. The molecule has 412 valence electrons. The van der Waals surface area contributed by atoms with E-state index in [4.69, 9.17) is 11.6 Å². The fraction of sp³-hybridized carbons (Fsp3) is 0.135. The summed E-state index contributed by atoms with van der Waals surface area (Å²) < 4.78 is 96.6. The van der Waals surface area contributed by atoms with Crippen molar-refractivity contribution in [2.75, 3.05) is 12.4 Å². The number of pyridine rings is 2. The van der Waals surface area contributed by atoms with Gasteiger partial charge in [0.15, 0.2) is 25.4 Å². The summed E-state index contributed by atoms with van der Waals surface area (Å²) in [5, 5.41) is 8.37. The van der Waals surface area contributed by atoms with Crippen molar-refractivity contribution >= 4 is 119 Å². The van der Waals surface area contributed by atoms with Gasteiger partial charge in [-0.15, -0.1) is 0 Å². The molecule has 0 unspecified atom stereocenters. The average molecular weight is 1220 g/mol. The SMILES string of the molecule is C.CCOC(=O)CS(=O)(=O)c1ccccc1.Cn1c(=O)c(S(=O)(=O)c2ccccc2)c(Cl)c2ccccc21.Cn1c(=O)c(S(=O)(=O)c2ccccc2)c(O)c2ccccc21.Cn1c(=O)oc(=O)c2ccccc21.O=P(Cl)(Cl)Cl. The first-order valence-electron chi connectivity index (χ1n) is 22.0. The number of benzene rings is 6. The number of sulfone groups is 3. The van der Waals surface area contributed by atoms with Gasteiger partial charge in [0.2, 0.25) is 19.7 Å². The Balaban J connectivity index is 0.000000221. The number of aryl methyl sites for hydroxylation is 3. The molecule has 0 atom stereocenters. The van der Waals surface area contributed by atoms with Gasteiger partial charge >= 0.3 is 22.6 Å². The van der Waals surface area contributed by atoms with Crippen LogP contribution in [-0.2, 0) is 64.8 Å². The molecule has 0 radical (unpaired) electrons. The van der Waals surface area contributed by atoms with Crippen LogP contribution in [0.25, 0.3) is 32.7 Å². The number of hydrogen-bond acceptors (Lipinski definition) is 15. The molecule has 6 aromatic carbocycles.